The average molecular weight is 681 g/mol. The summed E-state index contributed by atoms with van der Waals surface area (Å²) in [5.74, 6) is -7.69. The number of imide groups is 4. The van der Waals surface area contributed by atoms with Gasteiger partial charge in [0.1, 0.15) is 0 Å². The van der Waals surface area contributed by atoms with Crippen LogP contribution in [0.2, 0.25) is 0 Å². The quantitative estimate of drug-likeness (QED) is 0.127. The molecule has 0 radical (unpaired) electrons. The van der Waals surface area contributed by atoms with Crippen LogP contribution >= 0.6 is 0 Å². The number of hydrogen-bond acceptors (Lipinski definition) is 11. The maximum Gasteiger partial charge on any atom is 0.303 e. The van der Waals surface area contributed by atoms with Crippen molar-refractivity contribution in [3.05, 3.63) is 48.6 Å². The Morgan fingerprint density at radius 2 is 0.898 bits per heavy atom. The molecule has 0 aromatic heterocycles. The Labute approximate surface area is 278 Å². The van der Waals surface area contributed by atoms with Crippen LogP contribution in [-0.4, -0.2) is 128 Å². The van der Waals surface area contributed by atoms with E-state index in [-0.39, 0.29) is 58.2 Å². The number of carboxylic acids is 1. The molecule has 4 aliphatic rings. The van der Waals surface area contributed by atoms with Gasteiger partial charge in [0, 0.05) is 80.5 Å². The van der Waals surface area contributed by atoms with E-state index in [1.54, 1.807) is 0 Å². The molecule has 4 rings (SSSR count). The van der Waals surface area contributed by atoms with Gasteiger partial charge in [-0.05, 0) is 19.3 Å². The Balaban J connectivity index is 1.34. The molecule has 4 heterocycles. The highest BCUT2D eigenvalue weighted by Crippen LogP contribution is 2.19. The number of nitrogens with zero attached hydrogens (tertiary/aromatic N) is 4. The molecule has 0 bridgehead atoms. The molecule has 3 atom stereocenters. The third kappa shape index (κ3) is 9.05. The number of amides is 10. The summed E-state index contributed by atoms with van der Waals surface area (Å²) in [6, 6.07) is -2.94. The van der Waals surface area contributed by atoms with Crippen molar-refractivity contribution in [2.45, 2.75) is 56.7 Å². The van der Waals surface area contributed by atoms with Crippen molar-refractivity contribution in [1.29, 1.82) is 0 Å². The van der Waals surface area contributed by atoms with Crippen LogP contribution in [0.25, 0.3) is 0 Å². The van der Waals surface area contributed by atoms with Crippen molar-refractivity contribution >= 4 is 65.0 Å². The van der Waals surface area contributed by atoms with Crippen molar-refractivity contribution in [1.82, 2.24) is 30.2 Å². The van der Waals surface area contributed by atoms with Crippen LogP contribution in [0.4, 0.5) is 0 Å². The molecule has 0 saturated heterocycles. The van der Waals surface area contributed by atoms with E-state index in [0.29, 0.717) is 0 Å². The Morgan fingerprint density at radius 3 is 1.29 bits per heavy atom. The third-order valence-corrected chi connectivity index (χ3v) is 8.03. The predicted octanol–water partition coefficient (Wildman–Crippen LogP) is -2.55. The van der Waals surface area contributed by atoms with Gasteiger partial charge in [-0.25, -0.2) is 0 Å². The first-order chi connectivity index (χ1) is 23.2. The molecule has 0 aliphatic carbocycles. The van der Waals surface area contributed by atoms with E-state index in [9.17, 15) is 57.8 Å². The fraction of sp³-hybridized carbons (Fsp3) is 0.387. The summed E-state index contributed by atoms with van der Waals surface area (Å²) in [7, 11) is 0. The smallest absolute Gasteiger partial charge is 0.303 e. The van der Waals surface area contributed by atoms with E-state index < -0.39 is 83.2 Å². The summed E-state index contributed by atoms with van der Waals surface area (Å²) < 4.78 is 0. The lowest BCUT2D eigenvalue weighted by molar-refractivity contribution is -0.145. The number of nitrogens with one attached hydrogen (secondary N) is 2. The summed E-state index contributed by atoms with van der Waals surface area (Å²) in [6.07, 6.45) is 6.92. The third-order valence-electron chi connectivity index (χ3n) is 8.03. The molecule has 4 aliphatic heterocycles. The first-order valence-electron chi connectivity index (χ1n) is 15.2. The number of hydrogen-bond donors (Lipinski definition) is 3. The molecule has 3 unspecified atom stereocenters. The lowest BCUT2D eigenvalue weighted by atomic mass is 10.1. The SMILES string of the molecule is O=C(O)CCC(CNC(=O)CCC(CN1C(=O)C=CC1=O)N1C(=O)C=CC1=O)NC(=O)CCC(CN1C(=O)C=CC1=O)N1C(=O)C=CC1=O. The predicted molar refractivity (Wildman–Crippen MR) is 162 cm³/mol. The molecule has 49 heavy (non-hydrogen) atoms. The van der Waals surface area contributed by atoms with Gasteiger partial charge in [-0.15, -0.1) is 0 Å². The van der Waals surface area contributed by atoms with Gasteiger partial charge in [-0.2, -0.15) is 0 Å². The van der Waals surface area contributed by atoms with Crippen LogP contribution < -0.4 is 10.6 Å². The number of rotatable bonds is 18. The minimum atomic E-state index is -1.17. The van der Waals surface area contributed by atoms with Crippen molar-refractivity contribution < 1.29 is 57.8 Å². The van der Waals surface area contributed by atoms with Gasteiger partial charge in [0.2, 0.25) is 11.8 Å². The fourth-order valence-electron chi connectivity index (χ4n) is 5.53. The topological polar surface area (TPSA) is 245 Å². The average Bonchev–Trinajstić information content (AvgIpc) is 3.77. The zero-order valence-electron chi connectivity index (χ0n) is 25.9. The minimum absolute atomic E-state index is 0.0997. The van der Waals surface area contributed by atoms with E-state index in [4.69, 9.17) is 0 Å². The van der Waals surface area contributed by atoms with Crippen LogP contribution in [0.1, 0.15) is 38.5 Å². The number of carbonyl (C=O) groups is 11. The summed E-state index contributed by atoms with van der Waals surface area (Å²) in [5, 5.41) is 14.4. The molecular formula is C31H32N6O12. The summed E-state index contributed by atoms with van der Waals surface area (Å²) >= 11 is 0. The van der Waals surface area contributed by atoms with Crippen molar-refractivity contribution in [2.24, 2.45) is 0 Å². The van der Waals surface area contributed by atoms with E-state index in [1.165, 1.54) is 0 Å². The van der Waals surface area contributed by atoms with Crippen LogP contribution in [0.3, 0.4) is 0 Å². The molecule has 18 heteroatoms. The second kappa shape index (κ2) is 15.7. The van der Waals surface area contributed by atoms with Gasteiger partial charge in [-0.3, -0.25) is 72.3 Å². The highest BCUT2D eigenvalue weighted by molar-refractivity contribution is 6.15. The number of carbonyl (C=O) groups excluding carboxylic acids is 10. The lowest BCUT2D eigenvalue weighted by Crippen LogP contribution is -2.49. The highest BCUT2D eigenvalue weighted by atomic mass is 16.4. The Kier molecular flexibility index (Phi) is 11.4. The number of aliphatic carboxylic acids is 1. The van der Waals surface area contributed by atoms with Gasteiger partial charge in [0.05, 0.1) is 25.2 Å². The van der Waals surface area contributed by atoms with Crippen LogP contribution in [-0.2, 0) is 52.7 Å². The monoisotopic (exact) mass is 680 g/mol. The molecule has 0 aromatic carbocycles. The Bertz CT molecular complexity index is 1560. The van der Waals surface area contributed by atoms with Gasteiger partial charge >= 0.3 is 5.97 Å². The van der Waals surface area contributed by atoms with E-state index >= 15 is 0 Å². The maximum absolute atomic E-state index is 13.0. The first-order valence-corrected chi connectivity index (χ1v) is 15.2. The zero-order chi connectivity index (χ0) is 35.8. The summed E-state index contributed by atoms with van der Waals surface area (Å²) in [5.41, 5.74) is 0. The second-order valence-electron chi connectivity index (χ2n) is 11.4. The van der Waals surface area contributed by atoms with Crippen molar-refractivity contribution in [2.75, 3.05) is 19.6 Å². The second-order valence-corrected chi connectivity index (χ2v) is 11.4. The van der Waals surface area contributed by atoms with Gasteiger partial charge in [0.15, 0.2) is 0 Å². The Morgan fingerprint density at radius 1 is 0.531 bits per heavy atom. The van der Waals surface area contributed by atoms with E-state index in [1.807, 2.05) is 0 Å². The van der Waals surface area contributed by atoms with Crippen molar-refractivity contribution in [3.63, 3.8) is 0 Å². The largest absolute Gasteiger partial charge is 0.481 e. The first kappa shape index (κ1) is 35.8. The molecular weight excluding hydrogens is 648 g/mol. The van der Waals surface area contributed by atoms with Crippen LogP contribution in [0, 0.1) is 0 Å². The molecule has 18 nitrogen and oxygen atoms in total. The van der Waals surface area contributed by atoms with Gasteiger partial charge < -0.3 is 15.7 Å². The maximum atomic E-state index is 13.0. The minimum Gasteiger partial charge on any atom is -0.481 e. The molecule has 0 saturated carbocycles. The highest BCUT2D eigenvalue weighted by Gasteiger charge is 2.37. The van der Waals surface area contributed by atoms with Gasteiger partial charge in [0.25, 0.3) is 47.3 Å². The molecule has 0 spiro atoms. The van der Waals surface area contributed by atoms with E-state index in [2.05, 4.69) is 10.6 Å². The molecule has 3 N–H and O–H groups in total. The lowest BCUT2D eigenvalue weighted by Gasteiger charge is -2.29. The molecule has 0 fully saturated rings. The number of carboxylic acid groups (broad SMARTS) is 1. The summed E-state index contributed by atoms with van der Waals surface area (Å²) in [6.45, 7) is -0.911. The van der Waals surface area contributed by atoms with Crippen LogP contribution in [0.15, 0.2) is 48.6 Å². The van der Waals surface area contributed by atoms with Crippen LogP contribution in [0.5, 0.6) is 0 Å². The fourth-order valence-corrected chi connectivity index (χ4v) is 5.53. The van der Waals surface area contributed by atoms with Crippen molar-refractivity contribution in [3.8, 4) is 0 Å². The standard InChI is InChI=1S/C31H32N6O12/c38-21(4-2-19(36-27(44)10-11-28(36)45)16-34-23(40)6-7-24(34)41)32-15-18(1-14-31(48)49)33-22(39)5-3-20(37-29(46)12-13-30(37)47)17-35-25(42)8-9-26(35)43/h6-13,18-20H,1-5,14-17H2,(H,32,38)(H,33,39)(H,48,49). The zero-order valence-corrected chi connectivity index (χ0v) is 25.9. The van der Waals surface area contributed by atoms with Gasteiger partial charge in [-0.1, -0.05) is 0 Å². The molecule has 10 amide bonds. The Hall–Kier alpha value is -6.07. The molecule has 0 aromatic rings. The molecule has 258 valence electrons. The summed E-state index contributed by atoms with van der Waals surface area (Å²) in [4.78, 5) is 138. The van der Waals surface area contributed by atoms with E-state index in [0.717, 1.165) is 68.2 Å². The normalized spacial score (nSPS) is 18.9.